The fourth-order valence-electron chi connectivity index (χ4n) is 2.83. The molecule has 0 aliphatic carbocycles. The van der Waals surface area contributed by atoms with Crippen molar-refractivity contribution in [2.45, 2.75) is 24.4 Å². The maximum Gasteiger partial charge on any atom is 0.352 e. The Kier molecular flexibility index (Phi) is 5.51. The summed E-state index contributed by atoms with van der Waals surface area (Å²) in [5.74, 6) is -1.50. The van der Waals surface area contributed by atoms with E-state index in [0.717, 1.165) is 0 Å². The summed E-state index contributed by atoms with van der Waals surface area (Å²) in [7, 11) is 0. The minimum Gasteiger partial charge on any atom is -0.477 e. The van der Waals surface area contributed by atoms with Gasteiger partial charge in [0.1, 0.15) is 23.2 Å². The molecule has 0 saturated carbocycles. The van der Waals surface area contributed by atoms with Crippen LogP contribution in [0.3, 0.4) is 0 Å². The summed E-state index contributed by atoms with van der Waals surface area (Å²) >= 11 is 1.43. The lowest BCUT2D eigenvalue weighted by Gasteiger charge is -2.49. The molecule has 2 aliphatic rings. The molecule has 0 bridgehead atoms. The summed E-state index contributed by atoms with van der Waals surface area (Å²) in [5.41, 5.74) is 7.24. The number of thioether (sulfide) groups is 1. The van der Waals surface area contributed by atoms with Crippen molar-refractivity contribution in [1.82, 2.24) is 10.2 Å². The molecule has 2 amide bonds. The SMILES string of the molecule is CC1=C(C(=O)O)N2C(=O)C(NC(=O)[C@H](N)c3ccccc3)[C@H]2SC1.O. The molecule has 0 spiro atoms. The van der Waals surface area contributed by atoms with Crippen molar-refractivity contribution in [3.05, 3.63) is 47.2 Å². The molecule has 1 unspecified atom stereocenters. The van der Waals surface area contributed by atoms with Crippen LogP contribution in [0, 0.1) is 0 Å². The molecule has 0 radical (unpaired) electrons. The third-order valence-electron chi connectivity index (χ3n) is 4.10. The smallest absolute Gasteiger partial charge is 0.352 e. The van der Waals surface area contributed by atoms with E-state index in [1.54, 1.807) is 31.2 Å². The zero-order valence-corrected chi connectivity index (χ0v) is 14.2. The van der Waals surface area contributed by atoms with Crippen LogP contribution in [0.1, 0.15) is 18.5 Å². The monoisotopic (exact) mass is 365 g/mol. The molecule has 1 fully saturated rings. The molecule has 1 aromatic carbocycles. The first kappa shape index (κ1) is 19.0. The average Bonchev–Trinajstić information content (AvgIpc) is 2.59. The lowest BCUT2D eigenvalue weighted by atomic mass is 10.0. The van der Waals surface area contributed by atoms with Gasteiger partial charge in [0.2, 0.25) is 5.91 Å². The molecule has 9 heteroatoms. The van der Waals surface area contributed by atoms with Gasteiger partial charge >= 0.3 is 5.97 Å². The van der Waals surface area contributed by atoms with Crippen LogP contribution in [-0.4, -0.2) is 50.4 Å². The van der Waals surface area contributed by atoms with E-state index >= 15 is 0 Å². The quantitative estimate of drug-likeness (QED) is 0.620. The fraction of sp³-hybridized carbons (Fsp3) is 0.312. The van der Waals surface area contributed by atoms with E-state index in [1.165, 1.54) is 16.7 Å². The van der Waals surface area contributed by atoms with Crippen LogP contribution in [0.15, 0.2) is 41.6 Å². The van der Waals surface area contributed by atoms with Gasteiger partial charge in [0.25, 0.3) is 5.91 Å². The molecule has 1 saturated heterocycles. The summed E-state index contributed by atoms with van der Waals surface area (Å²) in [6.07, 6.45) is 0. The summed E-state index contributed by atoms with van der Waals surface area (Å²) in [5, 5.41) is 11.5. The van der Waals surface area contributed by atoms with Crippen molar-refractivity contribution in [2.24, 2.45) is 5.73 Å². The number of amides is 2. The predicted molar refractivity (Wildman–Crippen MR) is 92.3 cm³/mol. The van der Waals surface area contributed by atoms with Gasteiger partial charge in [0, 0.05) is 5.75 Å². The van der Waals surface area contributed by atoms with Gasteiger partial charge in [0.05, 0.1) is 0 Å². The molecule has 2 heterocycles. The number of nitrogens with two attached hydrogens (primary N) is 1. The van der Waals surface area contributed by atoms with Gasteiger partial charge in [-0.25, -0.2) is 4.79 Å². The molecule has 3 rings (SSSR count). The number of carboxylic acid groups (broad SMARTS) is 1. The van der Waals surface area contributed by atoms with E-state index in [4.69, 9.17) is 5.73 Å². The van der Waals surface area contributed by atoms with Gasteiger partial charge in [-0.1, -0.05) is 30.3 Å². The normalized spacial score (nSPS) is 23.1. The maximum absolute atomic E-state index is 12.3. The Morgan fingerprint density at radius 3 is 2.60 bits per heavy atom. The highest BCUT2D eigenvalue weighted by molar-refractivity contribution is 8.00. The number of nitrogens with one attached hydrogen (secondary N) is 1. The first-order valence-corrected chi connectivity index (χ1v) is 8.45. The van der Waals surface area contributed by atoms with Crippen LogP contribution in [0.5, 0.6) is 0 Å². The van der Waals surface area contributed by atoms with Crippen LogP contribution >= 0.6 is 11.8 Å². The number of carbonyl (C=O) groups is 3. The van der Waals surface area contributed by atoms with Crippen molar-refractivity contribution in [3.63, 3.8) is 0 Å². The summed E-state index contributed by atoms with van der Waals surface area (Å²) in [6, 6.07) is 7.23. The number of rotatable bonds is 4. The number of aliphatic carboxylic acids is 1. The number of β-lactam (4-membered cyclic amide) rings is 1. The Morgan fingerprint density at radius 2 is 2.00 bits per heavy atom. The number of nitrogens with zero attached hydrogens (tertiary/aromatic N) is 1. The van der Waals surface area contributed by atoms with E-state index in [2.05, 4.69) is 5.32 Å². The number of carboxylic acids is 1. The van der Waals surface area contributed by atoms with Crippen molar-refractivity contribution in [3.8, 4) is 0 Å². The molecular formula is C16H19N3O5S. The van der Waals surface area contributed by atoms with Crippen LogP contribution < -0.4 is 11.1 Å². The molecule has 25 heavy (non-hydrogen) atoms. The number of fused-ring (bicyclic) bond motifs is 1. The van der Waals surface area contributed by atoms with Crippen LogP contribution in [0.25, 0.3) is 0 Å². The number of hydrogen-bond donors (Lipinski definition) is 3. The highest BCUT2D eigenvalue weighted by atomic mass is 32.2. The minimum atomic E-state index is -1.13. The third kappa shape index (κ3) is 3.26. The average molecular weight is 365 g/mol. The Morgan fingerprint density at radius 1 is 1.36 bits per heavy atom. The van der Waals surface area contributed by atoms with Gasteiger partial charge in [-0.15, -0.1) is 11.8 Å². The molecule has 3 atom stereocenters. The van der Waals surface area contributed by atoms with Gasteiger partial charge in [-0.3, -0.25) is 14.5 Å². The molecule has 6 N–H and O–H groups in total. The summed E-state index contributed by atoms with van der Waals surface area (Å²) in [4.78, 5) is 37.2. The van der Waals surface area contributed by atoms with Gasteiger partial charge in [0.15, 0.2) is 0 Å². The second kappa shape index (κ2) is 7.26. The first-order valence-electron chi connectivity index (χ1n) is 7.40. The Balaban J connectivity index is 0.00000225. The Labute approximate surface area is 148 Å². The molecule has 1 aromatic rings. The lowest BCUT2D eigenvalue weighted by molar-refractivity contribution is -0.150. The van der Waals surface area contributed by atoms with Crippen molar-refractivity contribution in [2.75, 3.05) is 5.75 Å². The lowest BCUT2D eigenvalue weighted by Crippen LogP contribution is -2.71. The van der Waals surface area contributed by atoms with E-state index in [0.29, 0.717) is 16.9 Å². The third-order valence-corrected chi connectivity index (χ3v) is 5.52. The number of hydrogen-bond acceptors (Lipinski definition) is 5. The van der Waals surface area contributed by atoms with Crippen LogP contribution in [0.2, 0.25) is 0 Å². The van der Waals surface area contributed by atoms with Crippen LogP contribution in [0.4, 0.5) is 0 Å². The van der Waals surface area contributed by atoms with Gasteiger partial charge < -0.3 is 21.6 Å². The zero-order chi connectivity index (χ0) is 17.4. The van der Waals surface area contributed by atoms with E-state index in [1.807, 2.05) is 6.07 Å². The fourth-order valence-corrected chi connectivity index (χ4v) is 4.12. The predicted octanol–water partition coefficient (Wildman–Crippen LogP) is -0.380. The molecular weight excluding hydrogens is 346 g/mol. The van der Waals surface area contributed by atoms with Crippen molar-refractivity contribution >= 4 is 29.5 Å². The zero-order valence-electron chi connectivity index (χ0n) is 13.4. The number of benzene rings is 1. The van der Waals surface area contributed by atoms with Crippen molar-refractivity contribution < 1.29 is 25.0 Å². The number of carbonyl (C=O) groups excluding carboxylic acids is 2. The second-order valence-corrected chi connectivity index (χ2v) is 6.82. The highest BCUT2D eigenvalue weighted by Gasteiger charge is 2.53. The second-order valence-electron chi connectivity index (χ2n) is 5.72. The van der Waals surface area contributed by atoms with E-state index in [9.17, 15) is 19.5 Å². The molecule has 134 valence electrons. The van der Waals surface area contributed by atoms with E-state index in [-0.39, 0.29) is 11.2 Å². The van der Waals surface area contributed by atoms with Gasteiger partial charge in [-0.05, 0) is 18.1 Å². The Bertz CT molecular complexity index is 737. The largest absolute Gasteiger partial charge is 0.477 e. The van der Waals surface area contributed by atoms with E-state index < -0.39 is 35.2 Å². The van der Waals surface area contributed by atoms with Gasteiger partial charge in [-0.2, -0.15) is 0 Å². The molecule has 2 aliphatic heterocycles. The summed E-state index contributed by atoms with van der Waals surface area (Å²) in [6.45, 7) is 1.69. The Hall–Kier alpha value is -2.36. The molecule has 0 aromatic heterocycles. The minimum absolute atomic E-state index is 0. The maximum atomic E-state index is 12.3. The highest BCUT2D eigenvalue weighted by Crippen LogP contribution is 2.40. The van der Waals surface area contributed by atoms with Crippen molar-refractivity contribution in [1.29, 1.82) is 0 Å². The topological polar surface area (TPSA) is 144 Å². The standard InChI is InChI=1S/C16H17N3O4S.H2O/c1-8-7-24-15-11(14(21)19(15)12(8)16(22)23)18-13(20)10(17)9-5-3-2-4-6-9;/h2-6,10-11,15H,7,17H2,1H3,(H,18,20)(H,22,23);1H2/t10-,11?,15-;/m1./s1. The summed E-state index contributed by atoms with van der Waals surface area (Å²) < 4.78 is 0. The van der Waals surface area contributed by atoms with Crippen LogP contribution in [-0.2, 0) is 14.4 Å². The first-order chi connectivity index (χ1) is 11.4. The molecule has 8 nitrogen and oxygen atoms in total.